The van der Waals surface area contributed by atoms with Crippen molar-refractivity contribution in [1.82, 2.24) is 5.32 Å². The van der Waals surface area contributed by atoms with Gasteiger partial charge in [0.1, 0.15) is 5.75 Å². The first-order valence-electron chi connectivity index (χ1n) is 16.2. The highest BCUT2D eigenvalue weighted by molar-refractivity contribution is 5.95. The van der Waals surface area contributed by atoms with Gasteiger partial charge < -0.3 is 50.9 Å². The van der Waals surface area contributed by atoms with Gasteiger partial charge >= 0.3 is 11.9 Å². The Kier molecular flexibility index (Phi) is 12.6. The standard InChI is InChI=1S/C39H41NO11/c1-3-4-5-7-23(18-37(48)51-38(39(49)50)30(21-40-2)26-12-13-31(42)32(43)17-26)29-20-36(47)34(45)16-25(29)11-10-24-15-33(44)35(46)19-28(24)22-8-6-9-27(41)14-22/h6,8-20,30,38,40-47H,3-5,7,21H2,1-2H3,(H,49,50)/t30-,38-/m1/s1. The lowest BCUT2D eigenvalue weighted by molar-refractivity contribution is -0.162. The fraction of sp³-hybridized carbons (Fsp3) is 0.231. The van der Waals surface area contributed by atoms with Gasteiger partial charge in [-0.15, -0.1) is 0 Å². The average Bonchev–Trinajstić information content (AvgIpc) is 3.08. The zero-order chi connectivity index (χ0) is 37.2. The molecule has 0 aliphatic rings. The highest BCUT2D eigenvalue weighted by Gasteiger charge is 2.33. The molecule has 0 aliphatic heterocycles. The van der Waals surface area contributed by atoms with Crippen LogP contribution in [0.5, 0.6) is 40.2 Å². The highest BCUT2D eigenvalue weighted by Crippen LogP contribution is 2.39. The molecule has 9 N–H and O–H groups in total. The van der Waals surface area contributed by atoms with Gasteiger partial charge in [-0.1, -0.05) is 50.1 Å². The highest BCUT2D eigenvalue weighted by atomic mass is 16.6. The summed E-state index contributed by atoms with van der Waals surface area (Å²) in [4.78, 5) is 25.9. The predicted octanol–water partition coefficient (Wildman–Crippen LogP) is 6.43. The molecule has 0 spiro atoms. The summed E-state index contributed by atoms with van der Waals surface area (Å²) in [5.41, 5.74) is 2.77. The lowest BCUT2D eigenvalue weighted by atomic mass is 9.92. The Labute approximate surface area is 294 Å². The van der Waals surface area contributed by atoms with E-state index in [9.17, 15) is 50.4 Å². The van der Waals surface area contributed by atoms with Crippen LogP contribution in [0, 0.1) is 0 Å². The molecule has 0 saturated heterocycles. The molecule has 4 aromatic carbocycles. The van der Waals surface area contributed by atoms with E-state index in [4.69, 9.17) is 4.74 Å². The van der Waals surface area contributed by atoms with Gasteiger partial charge in [0, 0.05) is 18.5 Å². The second-order valence-corrected chi connectivity index (χ2v) is 12.0. The van der Waals surface area contributed by atoms with E-state index < -0.39 is 52.7 Å². The van der Waals surface area contributed by atoms with Crippen LogP contribution >= 0.6 is 0 Å². The maximum atomic E-state index is 13.5. The monoisotopic (exact) mass is 699 g/mol. The molecule has 12 heteroatoms. The van der Waals surface area contributed by atoms with Crippen LogP contribution in [0.15, 0.2) is 72.8 Å². The number of ether oxygens (including phenoxy) is 1. The number of carboxylic acids is 1. The molecule has 0 unspecified atom stereocenters. The Morgan fingerprint density at radius 3 is 2.06 bits per heavy atom. The maximum Gasteiger partial charge on any atom is 0.345 e. The maximum absolute atomic E-state index is 13.5. The summed E-state index contributed by atoms with van der Waals surface area (Å²) >= 11 is 0. The summed E-state index contributed by atoms with van der Waals surface area (Å²) in [6.07, 6.45) is 5.17. The minimum atomic E-state index is -1.70. The molecule has 2 atom stereocenters. The number of likely N-dealkylation sites (N-methyl/N-ethyl adjacent to an activating group) is 1. The molecule has 268 valence electrons. The molecule has 4 aromatic rings. The largest absolute Gasteiger partial charge is 0.508 e. The summed E-state index contributed by atoms with van der Waals surface area (Å²) in [7, 11) is 1.58. The van der Waals surface area contributed by atoms with Gasteiger partial charge in [0.15, 0.2) is 34.5 Å². The van der Waals surface area contributed by atoms with Crippen LogP contribution in [-0.2, 0) is 14.3 Å². The van der Waals surface area contributed by atoms with E-state index in [0.29, 0.717) is 51.8 Å². The van der Waals surface area contributed by atoms with Crippen LogP contribution in [-0.4, -0.2) is 72.5 Å². The van der Waals surface area contributed by atoms with Crippen molar-refractivity contribution in [2.45, 2.75) is 44.6 Å². The van der Waals surface area contributed by atoms with Crippen LogP contribution in [0.1, 0.15) is 60.8 Å². The molecule has 0 radical (unpaired) electrons. The Hall–Kier alpha value is -6.14. The molecule has 51 heavy (non-hydrogen) atoms. The molecule has 0 fully saturated rings. The van der Waals surface area contributed by atoms with Crippen molar-refractivity contribution in [2.24, 2.45) is 0 Å². The molecule has 0 heterocycles. The van der Waals surface area contributed by atoms with E-state index in [1.807, 2.05) is 6.92 Å². The number of allylic oxidation sites excluding steroid dienone is 1. The number of phenols is 7. The normalized spacial score (nSPS) is 12.9. The molecular weight excluding hydrogens is 658 g/mol. The third kappa shape index (κ3) is 9.52. The van der Waals surface area contributed by atoms with Crippen molar-refractivity contribution in [2.75, 3.05) is 13.6 Å². The van der Waals surface area contributed by atoms with Gasteiger partial charge in [0.05, 0.1) is 0 Å². The third-order valence-corrected chi connectivity index (χ3v) is 8.28. The topological polar surface area (TPSA) is 217 Å². The number of aromatic hydroxyl groups is 7. The van der Waals surface area contributed by atoms with Crippen molar-refractivity contribution in [3.05, 3.63) is 95.1 Å². The Morgan fingerprint density at radius 1 is 0.765 bits per heavy atom. The van der Waals surface area contributed by atoms with Crippen LogP contribution in [0.2, 0.25) is 0 Å². The lowest BCUT2D eigenvalue weighted by Crippen LogP contribution is -2.37. The predicted molar refractivity (Wildman–Crippen MR) is 192 cm³/mol. The second-order valence-electron chi connectivity index (χ2n) is 12.0. The number of unbranched alkanes of at least 4 members (excludes halogenated alkanes) is 2. The van der Waals surface area contributed by atoms with E-state index >= 15 is 0 Å². The summed E-state index contributed by atoms with van der Waals surface area (Å²) in [6, 6.07) is 15.3. The summed E-state index contributed by atoms with van der Waals surface area (Å²) in [6.45, 7) is 2.04. The smallest absolute Gasteiger partial charge is 0.345 e. The van der Waals surface area contributed by atoms with Gasteiger partial charge in [0.2, 0.25) is 6.10 Å². The van der Waals surface area contributed by atoms with Crippen molar-refractivity contribution < 1.29 is 55.2 Å². The number of rotatable bonds is 15. The first-order valence-corrected chi connectivity index (χ1v) is 16.2. The van der Waals surface area contributed by atoms with Gasteiger partial charge in [-0.25, -0.2) is 9.59 Å². The molecule has 4 rings (SSSR count). The molecule has 12 nitrogen and oxygen atoms in total. The first-order chi connectivity index (χ1) is 24.3. The van der Waals surface area contributed by atoms with E-state index in [-0.39, 0.29) is 18.0 Å². The third-order valence-electron chi connectivity index (χ3n) is 8.28. The Balaban J connectivity index is 1.78. The van der Waals surface area contributed by atoms with Crippen molar-refractivity contribution in [3.8, 4) is 51.4 Å². The number of carbonyl (C=O) groups is 2. The number of carbonyl (C=O) groups excluding carboxylic acids is 1. The van der Waals surface area contributed by atoms with Crippen LogP contribution < -0.4 is 5.32 Å². The lowest BCUT2D eigenvalue weighted by Gasteiger charge is -2.24. The molecule has 0 aromatic heterocycles. The fourth-order valence-corrected chi connectivity index (χ4v) is 5.69. The first kappa shape index (κ1) is 37.7. The van der Waals surface area contributed by atoms with Crippen LogP contribution in [0.25, 0.3) is 28.9 Å². The van der Waals surface area contributed by atoms with Gasteiger partial charge in [-0.3, -0.25) is 0 Å². The number of hydrogen-bond acceptors (Lipinski definition) is 11. The number of benzene rings is 4. The summed E-state index contributed by atoms with van der Waals surface area (Å²) in [5, 5.41) is 84.4. The fourth-order valence-electron chi connectivity index (χ4n) is 5.69. The van der Waals surface area contributed by atoms with E-state index in [0.717, 1.165) is 18.9 Å². The zero-order valence-corrected chi connectivity index (χ0v) is 28.1. The van der Waals surface area contributed by atoms with Crippen molar-refractivity contribution in [3.63, 3.8) is 0 Å². The van der Waals surface area contributed by atoms with Crippen LogP contribution in [0.3, 0.4) is 0 Å². The van der Waals surface area contributed by atoms with Crippen LogP contribution in [0.4, 0.5) is 0 Å². The van der Waals surface area contributed by atoms with Crippen molar-refractivity contribution >= 4 is 29.7 Å². The molecule has 0 saturated carbocycles. The van der Waals surface area contributed by atoms with Gasteiger partial charge in [0.25, 0.3) is 0 Å². The quantitative estimate of drug-likeness (QED) is 0.0216. The van der Waals surface area contributed by atoms with E-state index in [1.165, 1.54) is 54.6 Å². The molecule has 0 amide bonds. The van der Waals surface area contributed by atoms with Gasteiger partial charge in [-0.2, -0.15) is 0 Å². The summed E-state index contributed by atoms with van der Waals surface area (Å²) < 4.78 is 5.53. The molecule has 0 bridgehead atoms. The number of carboxylic acid groups (broad SMARTS) is 1. The van der Waals surface area contributed by atoms with Gasteiger partial charge in [-0.05, 0) is 107 Å². The van der Waals surface area contributed by atoms with Crippen molar-refractivity contribution in [1.29, 1.82) is 0 Å². The average molecular weight is 700 g/mol. The number of esters is 1. The SMILES string of the molecule is CCCCCC(=CC(=O)O[C@@H](C(=O)O)[C@H](CNC)c1ccc(O)c(O)c1)c1cc(O)c(O)cc1C=Cc1cc(O)c(O)cc1-c1cccc(O)c1. The minimum Gasteiger partial charge on any atom is -0.508 e. The molecular formula is C39H41NO11. The number of phenolic OH excluding ortho intramolecular Hbond substituents is 7. The Morgan fingerprint density at radius 2 is 1.41 bits per heavy atom. The number of nitrogens with one attached hydrogen (secondary N) is 1. The molecule has 0 aliphatic carbocycles. The Bertz CT molecular complexity index is 1950. The number of hydrogen-bond donors (Lipinski definition) is 9. The number of aliphatic carboxylic acids is 1. The zero-order valence-electron chi connectivity index (χ0n) is 28.1. The summed E-state index contributed by atoms with van der Waals surface area (Å²) in [5.74, 6) is -5.97. The minimum absolute atomic E-state index is 0.0156. The second kappa shape index (κ2) is 17.0. The van der Waals surface area contributed by atoms with E-state index in [2.05, 4.69) is 5.32 Å². The van der Waals surface area contributed by atoms with E-state index in [1.54, 1.807) is 31.3 Å².